The predicted molar refractivity (Wildman–Crippen MR) is 315 cm³/mol. The first-order chi connectivity index (χ1) is 37.1. The van der Waals surface area contributed by atoms with E-state index in [0.29, 0.717) is 55.0 Å². The number of thioether (sulfide) groups is 3. The Kier molecular flexibility index (Phi) is 24.5. The molecular formula is C44H65BN10O15S10. The highest BCUT2D eigenvalue weighted by molar-refractivity contribution is 8.04. The average molecular weight is 1310 g/mol. The number of ether oxygens (including phenoxy) is 4. The van der Waals surface area contributed by atoms with Gasteiger partial charge in [-0.3, -0.25) is 19.5 Å². The molecule has 0 unspecified atom stereocenters. The van der Waals surface area contributed by atoms with Crippen molar-refractivity contribution in [3.05, 3.63) is 35.1 Å². The van der Waals surface area contributed by atoms with E-state index in [-0.39, 0.29) is 53.6 Å². The van der Waals surface area contributed by atoms with Gasteiger partial charge in [-0.05, 0) is 117 Å². The number of aliphatic hydroxyl groups is 1. The number of aromatic nitrogens is 6. The van der Waals surface area contributed by atoms with Crippen molar-refractivity contribution in [2.45, 2.75) is 126 Å². The molecule has 7 N–H and O–H groups in total. The van der Waals surface area contributed by atoms with Crippen molar-refractivity contribution in [1.82, 2.24) is 50.6 Å². The number of carboxylic acids is 1. The van der Waals surface area contributed by atoms with Gasteiger partial charge < -0.3 is 58.9 Å². The highest BCUT2D eigenvalue weighted by Gasteiger charge is 2.40. The van der Waals surface area contributed by atoms with Crippen molar-refractivity contribution in [3.63, 3.8) is 0 Å². The van der Waals surface area contributed by atoms with Crippen molar-refractivity contribution in [2.24, 2.45) is 0 Å². The van der Waals surface area contributed by atoms with Crippen molar-refractivity contribution in [3.8, 4) is 11.5 Å². The van der Waals surface area contributed by atoms with E-state index < -0.39 is 52.2 Å². The summed E-state index contributed by atoms with van der Waals surface area (Å²) in [6.45, 7) is 21.0. The second kappa shape index (κ2) is 29.2. The van der Waals surface area contributed by atoms with E-state index in [4.69, 9.17) is 69.5 Å². The lowest BCUT2D eigenvalue weighted by atomic mass is 9.77. The van der Waals surface area contributed by atoms with Crippen molar-refractivity contribution in [1.29, 1.82) is 0 Å². The Morgan fingerprint density at radius 2 is 1.24 bits per heavy atom. The molecule has 3 amide bonds. The Balaban J connectivity index is 0.000000195. The molecule has 0 saturated carbocycles. The number of hydrogen-bond acceptors (Lipinski definition) is 27. The van der Waals surface area contributed by atoms with Gasteiger partial charge >= 0.3 is 31.4 Å². The summed E-state index contributed by atoms with van der Waals surface area (Å²) in [5.74, 6) is -0.786. The summed E-state index contributed by atoms with van der Waals surface area (Å²) in [5, 5.41) is 53.2. The number of H-pyrrole nitrogens is 3. The number of rotatable bonds is 10. The highest BCUT2D eigenvalue weighted by atomic mass is 32.2. The summed E-state index contributed by atoms with van der Waals surface area (Å²) < 4.78 is 57.1. The van der Waals surface area contributed by atoms with Crippen LogP contribution in [0.25, 0.3) is 0 Å². The normalized spacial score (nSPS) is 17.4. The number of carbonyl (C=O) groups is 4. The molecule has 1 aromatic carbocycles. The molecule has 4 aromatic rings. The zero-order valence-electron chi connectivity index (χ0n) is 45.5. The number of carboxylic acid groups (broad SMARTS) is 1. The number of nitrogens with zero attached hydrogens (tertiary/aromatic N) is 6. The number of aliphatic hydroxyl groups excluding tert-OH is 1. The molecule has 5 aliphatic heterocycles. The first kappa shape index (κ1) is 67.1. The third-order valence-electron chi connectivity index (χ3n) is 10.2. The molecule has 4 saturated heterocycles. The fourth-order valence-electron chi connectivity index (χ4n) is 6.59. The predicted octanol–water partition coefficient (Wildman–Crippen LogP) is 7.38. The zero-order valence-corrected chi connectivity index (χ0v) is 53.7. The van der Waals surface area contributed by atoms with Crippen LogP contribution in [-0.4, -0.2) is 211 Å². The second-order valence-corrected chi connectivity index (χ2v) is 32.0. The Bertz CT molecular complexity index is 3000. The van der Waals surface area contributed by atoms with Gasteiger partial charge in [-0.1, -0.05) is 75.4 Å². The number of β-amino-alcohol motifs (C(OH)–C–C–N with tert-alkyl or cyclic N) is 1. The molecule has 9 rings (SSSR count). The lowest BCUT2D eigenvalue weighted by Crippen LogP contribution is -2.56. The van der Waals surface area contributed by atoms with Crippen LogP contribution in [0.3, 0.4) is 0 Å². The van der Waals surface area contributed by atoms with Crippen LogP contribution in [0.15, 0.2) is 25.2 Å². The molecule has 3 aromatic heterocycles. The Hall–Kier alpha value is -3.66. The number of benzene rings is 1. The maximum Gasteiger partial charge on any atom is 0.537 e. The van der Waals surface area contributed by atoms with Crippen LogP contribution in [0.1, 0.15) is 78.2 Å². The average Bonchev–Trinajstić information content (AvgIpc) is 4.01. The molecule has 0 bridgehead atoms. The van der Waals surface area contributed by atoms with Crippen LogP contribution in [0, 0.1) is 11.9 Å². The van der Waals surface area contributed by atoms with Crippen molar-refractivity contribution in [2.75, 3.05) is 65.7 Å². The monoisotopic (exact) mass is 1300 g/mol. The van der Waals surface area contributed by atoms with E-state index in [1.165, 1.54) is 62.7 Å². The summed E-state index contributed by atoms with van der Waals surface area (Å²) in [7, 11) is -3.20. The minimum absolute atomic E-state index is 0.0683. The molecule has 5 aliphatic rings. The van der Waals surface area contributed by atoms with Gasteiger partial charge in [0.05, 0.1) is 50.8 Å². The van der Waals surface area contributed by atoms with E-state index in [1.54, 1.807) is 61.3 Å². The van der Waals surface area contributed by atoms with E-state index >= 15 is 0 Å². The molecule has 0 aliphatic carbocycles. The molecule has 25 nitrogen and oxygen atoms in total. The van der Waals surface area contributed by atoms with Crippen LogP contribution in [0.2, 0.25) is 0 Å². The van der Waals surface area contributed by atoms with Crippen LogP contribution >= 0.6 is 106 Å². The van der Waals surface area contributed by atoms with Crippen molar-refractivity contribution >= 4 is 147 Å². The van der Waals surface area contributed by atoms with Gasteiger partial charge in [0.2, 0.25) is 0 Å². The van der Waals surface area contributed by atoms with Gasteiger partial charge in [-0.2, -0.15) is 13.5 Å². The first-order valence-corrected chi connectivity index (χ1v) is 32.4. The second-order valence-electron chi connectivity index (χ2n) is 20.8. The molecule has 1 atom stereocenters. The first-order valence-electron chi connectivity index (χ1n) is 24.3. The minimum atomic E-state index is -3.45. The zero-order chi connectivity index (χ0) is 59.5. The van der Waals surface area contributed by atoms with E-state index in [2.05, 4.69) is 35.9 Å². The number of nitrogens with one attached hydrogen (secondary N) is 4. The van der Waals surface area contributed by atoms with Gasteiger partial charge in [0.25, 0.3) is 10.1 Å². The largest absolute Gasteiger partial charge is 0.537 e. The molecule has 0 radical (unpaired) electrons. The Morgan fingerprint density at radius 1 is 0.738 bits per heavy atom. The van der Waals surface area contributed by atoms with E-state index in [9.17, 15) is 37.7 Å². The molecule has 4 fully saturated rings. The third kappa shape index (κ3) is 22.8. The van der Waals surface area contributed by atoms with Gasteiger partial charge in [0.15, 0.2) is 24.9 Å². The Morgan fingerprint density at radius 3 is 1.65 bits per heavy atom. The third-order valence-corrected chi connectivity index (χ3v) is 18.0. The number of hydrogen-bond donors (Lipinski definition) is 7. The van der Waals surface area contributed by atoms with Gasteiger partial charge in [-0.25, -0.2) is 19.2 Å². The van der Waals surface area contributed by atoms with Gasteiger partial charge in [0, 0.05) is 36.7 Å². The fraction of sp³-hybridized carbons (Fsp3) is 0.636. The smallest absolute Gasteiger partial charge is 0.534 e. The summed E-state index contributed by atoms with van der Waals surface area (Å²) >= 11 is 23.4. The number of aromatic carboxylic acids is 1. The standard InChI is InChI=1S/C15H16BN3O5S3.C10H15N3O2S3.C9H17NO5S.C8H15NO3.C2H2N2S3/c1-23-9-3-2-7-4-10(16(22)24-12(7)11(9)13(20)21)26-15-19-18-14(27-15)25-8-5-17-6-8;1-10(2,3)15-9(14)13-4-6(5-13)17-8-12-11-7(16)18-8;1-9(2,3)14-8(11)10-5-7(6-10)15-16(4,12)13;1-8(2,3)12-7(11)9-4-6(10)5-9;5-1-3-4-2(6)7-1/h2-3,8,10,17,22H,4-6H2,1H3,(H,20,21);6H,4-5H2,1-3H3,(H,11,16);7H,5-6H2,1-4H3;6,10H,4-5H2,1-3H3;(H,3,5)(H,4,6)/t10-;;;;/m0..../s1. The van der Waals surface area contributed by atoms with Crippen LogP contribution in [0.5, 0.6) is 11.5 Å². The quantitative estimate of drug-likeness (QED) is 0.0352. The van der Waals surface area contributed by atoms with Gasteiger partial charge in [-0.15, -0.1) is 10.2 Å². The number of likely N-dealkylation sites (tertiary alicyclic amines) is 3. The summed E-state index contributed by atoms with van der Waals surface area (Å²) in [4.78, 5) is 50.5. The number of amides is 3. The topological polar surface area (TPSA) is 326 Å². The SMILES string of the molecule is CC(C)(C)OC(=O)N1CC(O)C1.CC(C)(C)OC(=O)N1CC(OS(C)(=O)=O)C1.CC(C)(C)OC(=O)N1CC(Sc2n[nH]c(=S)s2)C1.COc1ccc2c(c1C(=O)O)OB(O)[C@@H](Sc1nnc(SC3CNC3)s1)C2.S=c1[nH][nH]c(=S)s1. The van der Waals surface area contributed by atoms with Crippen molar-refractivity contribution < 1.29 is 70.6 Å². The molecule has 444 valence electrons. The lowest BCUT2D eigenvalue weighted by molar-refractivity contribution is -0.0303. The summed E-state index contributed by atoms with van der Waals surface area (Å²) in [6.07, 6.45) is -0.383. The Labute approximate surface area is 503 Å². The van der Waals surface area contributed by atoms with Crippen LogP contribution < -0.4 is 14.7 Å². The molecule has 36 heteroatoms. The maximum atomic E-state index is 11.7. The molecule has 8 heterocycles. The van der Waals surface area contributed by atoms with E-state index in [1.807, 2.05) is 41.5 Å². The molecule has 80 heavy (non-hydrogen) atoms. The molecule has 0 spiro atoms. The number of fused-ring (bicyclic) bond motifs is 1. The summed E-state index contributed by atoms with van der Waals surface area (Å²) in [6, 6.07) is 3.38. The van der Waals surface area contributed by atoms with Crippen LogP contribution in [0.4, 0.5) is 14.4 Å². The van der Waals surface area contributed by atoms with E-state index in [0.717, 1.165) is 37.9 Å². The fourth-order valence-corrected chi connectivity index (χ4v) is 14.5. The lowest BCUT2D eigenvalue weighted by Gasteiger charge is -2.38. The number of aromatic amines is 3. The minimum Gasteiger partial charge on any atom is -0.534 e. The number of carbonyl (C=O) groups excluding carboxylic acids is 3. The summed E-state index contributed by atoms with van der Waals surface area (Å²) in [5.41, 5.74) is -0.772. The van der Waals surface area contributed by atoms with Crippen LogP contribution in [-0.2, 0) is 34.9 Å². The van der Waals surface area contributed by atoms with Gasteiger partial charge in [0.1, 0.15) is 40.0 Å². The number of methoxy groups -OCH3 is 1. The maximum absolute atomic E-state index is 11.7. The molecular weight excluding hydrogens is 1240 g/mol. The highest BCUT2D eigenvalue weighted by Crippen LogP contribution is 2.42.